The van der Waals surface area contributed by atoms with Gasteiger partial charge < -0.3 is 26.8 Å². The molecule has 0 aliphatic heterocycles. The monoisotopic (exact) mass is 1050 g/mol. The van der Waals surface area contributed by atoms with E-state index in [-0.39, 0.29) is 38.7 Å². The number of hydrogen-bond acceptors (Lipinski definition) is 6. The van der Waals surface area contributed by atoms with E-state index < -0.39 is 32.4 Å². The van der Waals surface area contributed by atoms with Crippen LogP contribution in [-0.2, 0) is 20.1 Å². The van der Waals surface area contributed by atoms with E-state index in [1.807, 2.05) is 12.1 Å². The molecule has 0 saturated carbocycles. The molecule has 0 aliphatic carbocycles. The van der Waals surface area contributed by atoms with Crippen LogP contribution in [0.25, 0.3) is 11.1 Å². The largest absolute Gasteiger partial charge is 0.521 e. The van der Waals surface area contributed by atoms with Crippen molar-refractivity contribution in [1.29, 1.82) is 5.26 Å². The van der Waals surface area contributed by atoms with Gasteiger partial charge >= 0.3 is 0 Å². The number of methoxy groups -OCH3 is 2. The molecule has 0 fully saturated rings. The van der Waals surface area contributed by atoms with Crippen molar-refractivity contribution in [2.45, 2.75) is 0 Å². The maximum absolute atomic E-state index is 10.4. The van der Waals surface area contributed by atoms with Crippen LogP contribution >= 0.6 is 39.0 Å². The first-order valence-electron chi connectivity index (χ1n) is 17.7. The third-order valence-corrected chi connectivity index (χ3v) is 15.3. The third-order valence-electron chi connectivity index (χ3n) is 9.14. The predicted octanol–water partition coefficient (Wildman–Crippen LogP) is 9.07. The molecule has 8 nitrogen and oxygen atoms in total. The summed E-state index contributed by atoms with van der Waals surface area (Å²) in [5.74, 6) is -0.0537. The first-order valence-corrected chi connectivity index (χ1v) is 21.5. The molecule has 7 aromatic carbocycles. The standard InChI is InChI=1S/C38H30Cl2O2P2.C8H3N2O4.CH3.Ir/c1-41-37-31(39)23-25-33(43(27-15-7-3-8-16-27)28-17-9-4-10-18-28)35(37)36-34(26-24-32(40)38(36)42-2)44(29-19-11-5-12-20-29)30-21-13-6-14-22-30;9-4-6-3-5(8(11)12)1-2-7(6)10(13)14;;/h3-26H,1-2H3;2-3H,(H,11,12);1H3;/q;2*-1;/p+2. The summed E-state index contributed by atoms with van der Waals surface area (Å²) >= 11 is 13.9. The van der Waals surface area contributed by atoms with Gasteiger partial charge in [-0.15, -0.1) is 12.1 Å². The number of nitro groups is 1. The molecule has 1 N–H and O–H groups in total. The van der Waals surface area contributed by atoms with Gasteiger partial charge in [-0.05, 0) is 72.8 Å². The number of hydrogen-bond donors (Lipinski definition) is 1. The topological polar surface area (TPSA) is 123 Å². The molecule has 0 spiro atoms. The fourth-order valence-corrected chi connectivity index (χ4v) is 12.6. The summed E-state index contributed by atoms with van der Waals surface area (Å²) in [5, 5.41) is 35.8. The van der Waals surface area contributed by atoms with E-state index in [2.05, 4.69) is 140 Å². The number of benzene rings is 7. The van der Waals surface area contributed by atoms with Crippen molar-refractivity contribution in [3.8, 4) is 28.7 Å². The van der Waals surface area contributed by atoms with E-state index >= 15 is 0 Å². The van der Waals surface area contributed by atoms with Crippen LogP contribution in [0.2, 0.25) is 10.0 Å². The molecule has 0 bridgehead atoms. The molecule has 305 valence electrons. The van der Waals surface area contributed by atoms with Crippen molar-refractivity contribution < 1.29 is 44.4 Å². The van der Waals surface area contributed by atoms with Crippen LogP contribution in [0.4, 0.5) is 5.69 Å². The van der Waals surface area contributed by atoms with Crippen molar-refractivity contribution in [2.75, 3.05) is 14.2 Å². The van der Waals surface area contributed by atoms with E-state index in [0.717, 1.165) is 33.9 Å². The number of carboxylic acid groups (broad SMARTS) is 1. The Bertz CT molecular complexity index is 2380. The number of nitriles is 1. The zero-order valence-corrected chi connectivity index (χ0v) is 38.4. The van der Waals surface area contributed by atoms with Crippen molar-refractivity contribution in [3.63, 3.8) is 0 Å². The second kappa shape index (κ2) is 22.3. The number of ether oxygens (including phenoxy) is 2. The smallest absolute Gasteiger partial charge is 0.247 e. The summed E-state index contributed by atoms with van der Waals surface area (Å²) < 4.78 is 12.4. The van der Waals surface area contributed by atoms with Crippen LogP contribution < -0.4 is 41.3 Å². The summed E-state index contributed by atoms with van der Waals surface area (Å²) in [6.07, 6.45) is 0. The summed E-state index contributed by atoms with van der Waals surface area (Å²) in [4.78, 5) is 20.0. The quantitative estimate of drug-likeness (QED) is 0.0594. The van der Waals surface area contributed by atoms with Gasteiger partial charge in [0.1, 0.15) is 43.3 Å². The Balaban J connectivity index is 0.000000424. The molecule has 0 saturated heterocycles. The van der Waals surface area contributed by atoms with Crippen molar-refractivity contribution in [1.82, 2.24) is 0 Å². The van der Waals surface area contributed by atoms with Crippen molar-refractivity contribution in [3.05, 3.63) is 203 Å². The molecule has 0 atom stereocenters. The Morgan fingerprint density at radius 1 is 0.683 bits per heavy atom. The Labute approximate surface area is 375 Å². The second-order valence-corrected chi connectivity index (χ2v) is 18.2. The summed E-state index contributed by atoms with van der Waals surface area (Å²) in [6.45, 7) is 0. The Morgan fingerprint density at radius 3 is 1.32 bits per heavy atom. The Hall–Kier alpha value is -5.41. The maximum atomic E-state index is 10.4. The molecule has 7 aromatic rings. The molecule has 1 radical (unpaired) electrons. The van der Waals surface area contributed by atoms with Crippen LogP contribution in [0.3, 0.4) is 0 Å². The Morgan fingerprint density at radius 2 is 1.03 bits per heavy atom. The van der Waals surface area contributed by atoms with Gasteiger partial charge in [-0.25, -0.2) is 0 Å². The number of halogens is 2. The second-order valence-electron chi connectivity index (χ2n) is 12.5. The van der Waals surface area contributed by atoms with Gasteiger partial charge in [0.15, 0.2) is 0 Å². The van der Waals surface area contributed by atoms with Gasteiger partial charge in [-0.2, -0.15) is 5.26 Å². The minimum Gasteiger partial charge on any atom is -0.521 e. The molecule has 0 unspecified atom stereocenters. The zero-order valence-electron chi connectivity index (χ0n) is 32.5. The van der Waals surface area contributed by atoms with Crippen LogP contribution in [0.5, 0.6) is 11.5 Å². The molecule has 7 rings (SSSR count). The average molecular weight is 1050 g/mol. The number of carbonyl (C=O) groups is 1. The van der Waals surface area contributed by atoms with Gasteiger partial charge in [0, 0.05) is 30.6 Å². The molecule has 0 aromatic heterocycles. The minimum atomic E-state index is -1.54. The van der Waals surface area contributed by atoms with E-state index in [9.17, 15) is 14.9 Å². The molecular weight excluding hydrogens is 1010 g/mol. The number of aromatic carboxylic acids is 1. The first-order chi connectivity index (χ1) is 28.2. The molecule has 60 heavy (non-hydrogen) atoms. The molecular formula is C47H38Cl2IrN2O6P2. The normalized spacial score (nSPS) is 10.3. The van der Waals surface area contributed by atoms with Crippen LogP contribution in [0.1, 0.15) is 15.9 Å². The van der Waals surface area contributed by atoms with Gasteiger partial charge in [0.2, 0.25) is 11.7 Å². The third kappa shape index (κ3) is 10.5. The van der Waals surface area contributed by atoms with E-state index in [1.54, 1.807) is 20.3 Å². The molecule has 0 heterocycles. The minimum absolute atomic E-state index is 0. The zero-order chi connectivity index (χ0) is 41.2. The molecule has 0 aliphatic rings. The van der Waals surface area contributed by atoms with E-state index in [1.165, 1.54) is 21.2 Å². The Kier molecular flexibility index (Phi) is 17.5. The summed E-state index contributed by atoms with van der Waals surface area (Å²) in [7, 11) is 0.296. The number of carboxylic acids is 1. The van der Waals surface area contributed by atoms with Gasteiger partial charge in [0.25, 0.3) is 0 Å². The van der Waals surface area contributed by atoms with Crippen LogP contribution in [0.15, 0.2) is 158 Å². The summed E-state index contributed by atoms with van der Waals surface area (Å²) in [6, 6.07) is 56.6. The van der Waals surface area contributed by atoms with Crippen molar-refractivity contribution >= 4 is 82.5 Å². The van der Waals surface area contributed by atoms with Gasteiger partial charge in [-0.3, -0.25) is 10.1 Å². The van der Waals surface area contributed by atoms with Gasteiger partial charge in [0.05, 0.1) is 57.3 Å². The van der Waals surface area contributed by atoms with Crippen molar-refractivity contribution in [2.24, 2.45) is 0 Å². The SMILES string of the molecule is COc1c(Cl)ccc([PH+](c2ccccc2)c2ccccc2)c1-c1c([PH+](c2ccccc2)c2ccccc2)ccc(Cl)c1OC.N#Cc1cc(C(=O)O)[c-]cc1[N+](=O)[O-].[CH3-].[Ir]. The number of rotatable bonds is 11. The van der Waals surface area contributed by atoms with Gasteiger partial charge in [-0.1, -0.05) is 108 Å². The maximum Gasteiger partial charge on any atom is 0.247 e. The van der Waals surface area contributed by atoms with E-state index in [4.69, 9.17) is 43.0 Å². The first kappa shape index (κ1) is 47.3. The van der Waals surface area contributed by atoms with Crippen LogP contribution in [0, 0.1) is 34.9 Å². The van der Waals surface area contributed by atoms with E-state index in [0.29, 0.717) is 21.5 Å². The summed E-state index contributed by atoms with van der Waals surface area (Å²) in [5.41, 5.74) is 0.839. The number of nitro benzene ring substituents is 1. The number of nitrogens with zero attached hydrogens (tertiary/aromatic N) is 2. The fraction of sp³-hybridized carbons (Fsp3) is 0.0426. The predicted molar refractivity (Wildman–Crippen MR) is 245 cm³/mol. The molecule has 13 heteroatoms. The van der Waals surface area contributed by atoms with Crippen LogP contribution in [-0.4, -0.2) is 30.2 Å². The average Bonchev–Trinajstić information content (AvgIpc) is 3.26. The fourth-order valence-electron chi connectivity index (χ4n) is 6.65. The molecule has 0 amide bonds.